The van der Waals surface area contributed by atoms with E-state index < -0.39 is 0 Å². The molecule has 0 bridgehead atoms. The number of hydrogen-bond donors (Lipinski definition) is 0. The molecule has 1 atom stereocenters. The smallest absolute Gasteiger partial charge is 0.214 e. The zero-order valence-electron chi connectivity index (χ0n) is 9.91. The van der Waals surface area contributed by atoms with Crippen molar-refractivity contribution in [1.82, 2.24) is 0 Å². The molecule has 0 aliphatic carbocycles. The molecule has 19 heavy (non-hydrogen) atoms. The maximum atomic E-state index is 11.5. The Morgan fingerprint density at radius 1 is 1.16 bits per heavy atom. The van der Waals surface area contributed by atoms with Gasteiger partial charge in [-0.25, -0.2) is 12.1 Å². The zero-order chi connectivity index (χ0) is 12.6. The van der Waals surface area contributed by atoms with Crippen molar-refractivity contribution in [3.8, 4) is 5.75 Å². The molecule has 0 N–H and O–H groups in total. The van der Waals surface area contributed by atoms with Gasteiger partial charge in [0.25, 0.3) is 0 Å². The molecule has 1 heterocycles. The van der Waals surface area contributed by atoms with Gasteiger partial charge >= 0.3 is 105 Å². The number of rotatable bonds is 2. The van der Waals surface area contributed by atoms with Crippen molar-refractivity contribution in [2.75, 3.05) is 0 Å². The molecule has 0 amide bonds. The molecular weight excluding hydrogens is 414 g/mol. The summed E-state index contributed by atoms with van der Waals surface area (Å²) in [7, 11) is 0. The second kappa shape index (κ2) is 9.38. The Balaban J connectivity index is 0.000000256. The Hall–Kier alpha value is -0.532. The maximum absolute atomic E-state index is 11.5. The molecule has 2 nitrogen and oxygen atoms in total. The van der Waals surface area contributed by atoms with Crippen LogP contribution in [-0.4, -0.2) is 32.2 Å². The Morgan fingerprint density at radius 2 is 1.84 bits per heavy atom. The summed E-state index contributed by atoms with van der Waals surface area (Å²) in [6.07, 6.45) is 1.98. The van der Waals surface area contributed by atoms with Gasteiger partial charge in [-0.3, -0.25) is 0 Å². The molecule has 0 radical (unpaired) electrons. The summed E-state index contributed by atoms with van der Waals surface area (Å²) in [5, 5.41) is 0. The average molecular weight is 426 g/mol. The molecule has 2 aromatic rings. The SMILES string of the molecule is O=C(O[c-]1cccc1)C1C=C[Se][Se]1.[Fe+2].c1cc[cH-]c1. The van der Waals surface area contributed by atoms with Gasteiger partial charge in [-0.15, -0.1) is 0 Å². The van der Waals surface area contributed by atoms with E-state index in [2.05, 4.69) is 4.97 Å². The first-order chi connectivity index (χ1) is 8.86. The van der Waals surface area contributed by atoms with E-state index in [0.29, 0.717) is 32.0 Å². The van der Waals surface area contributed by atoms with Crippen molar-refractivity contribution in [2.24, 2.45) is 0 Å². The predicted octanol–water partition coefficient (Wildman–Crippen LogP) is 2.35. The van der Waals surface area contributed by atoms with Gasteiger partial charge in [-0.05, 0) is 0 Å². The van der Waals surface area contributed by atoms with Crippen molar-refractivity contribution in [3.05, 3.63) is 65.6 Å². The van der Waals surface area contributed by atoms with Crippen LogP contribution in [0.4, 0.5) is 0 Å². The summed E-state index contributed by atoms with van der Waals surface area (Å²) >= 11 is 0.986. The molecule has 0 saturated heterocycles. The van der Waals surface area contributed by atoms with Crippen molar-refractivity contribution in [1.29, 1.82) is 0 Å². The number of ether oxygens (including phenoxy) is 1. The summed E-state index contributed by atoms with van der Waals surface area (Å²) in [5.74, 6) is 0.565. The largest absolute Gasteiger partial charge is 2.00 e. The van der Waals surface area contributed by atoms with E-state index in [4.69, 9.17) is 4.74 Å². The van der Waals surface area contributed by atoms with Gasteiger partial charge in [0.15, 0.2) is 0 Å². The topological polar surface area (TPSA) is 26.3 Å². The third kappa shape index (κ3) is 5.97. The van der Waals surface area contributed by atoms with E-state index in [1.807, 2.05) is 48.5 Å². The number of esters is 1. The van der Waals surface area contributed by atoms with E-state index in [1.165, 1.54) is 0 Å². The van der Waals surface area contributed by atoms with Crippen LogP contribution in [-0.2, 0) is 21.9 Å². The standard InChI is InChI=1S/C9H7O2Se2.C5H5.Fe/c10-9(8-5-6-12-13-8)11-7-3-1-2-4-7;1-2-4-5-3-1;/h1-6,8H;1-5H;/q2*-1;+2. The van der Waals surface area contributed by atoms with E-state index in [1.54, 1.807) is 12.1 Å². The van der Waals surface area contributed by atoms with Crippen LogP contribution < -0.4 is 4.74 Å². The van der Waals surface area contributed by atoms with Crippen LogP contribution in [0, 0.1) is 0 Å². The Bertz CT molecular complexity index is 460. The molecule has 100 valence electrons. The molecule has 0 fully saturated rings. The minimum absolute atomic E-state index is 0. The van der Waals surface area contributed by atoms with Gasteiger partial charge in [0.2, 0.25) is 0 Å². The van der Waals surface area contributed by atoms with Gasteiger partial charge in [0.05, 0.1) is 0 Å². The second-order valence-electron chi connectivity index (χ2n) is 3.45. The summed E-state index contributed by atoms with van der Waals surface area (Å²) in [6.45, 7) is 0. The molecule has 3 rings (SSSR count). The van der Waals surface area contributed by atoms with E-state index in [9.17, 15) is 4.79 Å². The molecule has 0 spiro atoms. The molecular formula is C14H12FeO2Se2. The Labute approximate surface area is 134 Å². The monoisotopic (exact) mass is 428 g/mol. The van der Waals surface area contributed by atoms with Crippen LogP contribution in [0.15, 0.2) is 65.6 Å². The number of hydrogen-bond acceptors (Lipinski definition) is 2. The van der Waals surface area contributed by atoms with Gasteiger partial charge in [-0.1, -0.05) is 0 Å². The van der Waals surface area contributed by atoms with Crippen molar-refractivity contribution in [3.63, 3.8) is 0 Å². The van der Waals surface area contributed by atoms with E-state index in [-0.39, 0.29) is 27.9 Å². The average Bonchev–Trinajstić information content (AvgIpc) is 3.15. The van der Waals surface area contributed by atoms with E-state index in [0.717, 1.165) is 0 Å². The summed E-state index contributed by atoms with van der Waals surface area (Å²) in [5.41, 5.74) is 0. The number of carbonyl (C=O) groups is 1. The minimum Gasteiger partial charge on any atom is -0.214 e. The van der Waals surface area contributed by atoms with Crippen LogP contribution in [0.3, 0.4) is 0 Å². The minimum atomic E-state index is -0.0955. The third-order valence-corrected chi connectivity index (χ3v) is 8.75. The maximum Gasteiger partial charge on any atom is 2.00 e. The molecule has 2 aromatic carbocycles. The van der Waals surface area contributed by atoms with Crippen LogP contribution in [0.5, 0.6) is 5.75 Å². The van der Waals surface area contributed by atoms with Crippen LogP contribution in [0.2, 0.25) is 4.82 Å². The molecule has 5 heteroatoms. The fourth-order valence-corrected chi connectivity index (χ4v) is 7.44. The predicted molar refractivity (Wildman–Crippen MR) is 74.1 cm³/mol. The van der Waals surface area contributed by atoms with Gasteiger partial charge in [-0.2, -0.15) is 18.2 Å². The normalized spacial score (nSPS) is 16.1. The number of carbonyl (C=O) groups excluding carboxylic acids is 1. The zero-order valence-corrected chi connectivity index (χ0v) is 14.4. The third-order valence-electron chi connectivity index (χ3n) is 2.11. The molecule has 0 saturated carbocycles. The summed E-state index contributed by atoms with van der Waals surface area (Å²) in [6, 6.07) is 17.3. The van der Waals surface area contributed by atoms with Gasteiger partial charge in [0.1, 0.15) is 0 Å². The first kappa shape index (κ1) is 16.5. The fraction of sp³-hybridized carbons (Fsp3) is 0.0714. The van der Waals surface area contributed by atoms with Crippen molar-refractivity contribution < 1.29 is 26.6 Å². The van der Waals surface area contributed by atoms with Crippen LogP contribution >= 0.6 is 0 Å². The first-order valence-electron chi connectivity index (χ1n) is 5.45. The summed E-state index contributed by atoms with van der Waals surface area (Å²) < 4.78 is 5.17. The van der Waals surface area contributed by atoms with Crippen molar-refractivity contribution in [2.45, 2.75) is 4.82 Å². The van der Waals surface area contributed by atoms with Gasteiger partial charge in [0, 0.05) is 0 Å². The molecule has 1 aliphatic rings. The summed E-state index contributed by atoms with van der Waals surface area (Å²) in [4.78, 5) is 13.6. The quantitative estimate of drug-likeness (QED) is 0.419. The van der Waals surface area contributed by atoms with Crippen LogP contribution in [0.25, 0.3) is 0 Å². The molecule has 1 aliphatic heterocycles. The van der Waals surface area contributed by atoms with E-state index >= 15 is 0 Å². The molecule has 1 unspecified atom stereocenters. The fourth-order valence-electron chi connectivity index (χ4n) is 1.26. The van der Waals surface area contributed by atoms with Crippen LogP contribution in [0.1, 0.15) is 0 Å². The van der Waals surface area contributed by atoms with Gasteiger partial charge < -0.3 is 0 Å². The first-order valence-corrected chi connectivity index (χ1v) is 11.8. The van der Waals surface area contributed by atoms with Crippen molar-refractivity contribution >= 4 is 32.2 Å². The Morgan fingerprint density at radius 3 is 2.32 bits per heavy atom. The molecule has 0 aromatic heterocycles. The Kier molecular flexibility index (Phi) is 8.16. The second-order valence-corrected chi connectivity index (χ2v) is 10.1.